The van der Waals surface area contributed by atoms with Crippen LogP contribution in [0.3, 0.4) is 0 Å². The zero-order valence-electron chi connectivity index (χ0n) is 6.91. The minimum absolute atomic E-state index is 0.139. The molecule has 1 unspecified atom stereocenters. The highest BCUT2D eigenvalue weighted by Crippen LogP contribution is 2.16. The predicted octanol–water partition coefficient (Wildman–Crippen LogP) is 0.869. The van der Waals surface area contributed by atoms with Crippen LogP contribution in [0, 0.1) is 0 Å². The monoisotopic (exact) mass is 125 g/mol. The van der Waals surface area contributed by atoms with Crippen molar-refractivity contribution >= 4 is 7.98 Å². The molecule has 0 aromatic rings. The number of hydrogen-bond acceptors (Lipinski definition) is 1. The maximum absolute atomic E-state index is 3.91. The lowest BCUT2D eigenvalue weighted by Gasteiger charge is -2.28. The van der Waals surface area contributed by atoms with E-state index in [1.165, 1.54) is 5.57 Å². The van der Waals surface area contributed by atoms with E-state index in [1.54, 1.807) is 0 Å². The van der Waals surface area contributed by atoms with Crippen LogP contribution in [0.4, 0.5) is 0 Å². The van der Waals surface area contributed by atoms with E-state index in [0.717, 1.165) is 6.42 Å². The fourth-order valence-corrected chi connectivity index (χ4v) is 0.692. The first-order valence-corrected chi connectivity index (χ1v) is 3.41. The second kappa shape index (κ2) is 3.07. The molecule has 0 fully saturated rings. The molecule has 1 atom stereocenters. The summed E-state index contributed by atoms with van der Waals surface area (Å²) in [6.07, 6.45) is 1.10. The van der Waals surface area contributed by atoms with Crippen LogP contribution in [0.15, 0.2) is 12.2 Å². The van der Waals surface area contributed by atoms with Crippen LogP contribution in [0.5, 0.6) is 0 Å². The van der Waals surface area contributed by atoms with Gasteiger partial charge in [0.25, 0.3) is 0 Å². The maximum atomic E-state index is 3.91. The molecular formula is C7H16BN. The summed E-state index contributed by atoms with van der Waals surface area (Å²) in [5.41, 5.74) is 1.34. The molecule has 0 aromatic heterocycles. The van der Waals surface area contributed by atoms with Crippen LogP contribution in [-0.2, 0) is 0 Å². The Labute approximate surface area is 59.0 Å². The van der Waals surface area contributed by atoms with Crippen molar-refractivity contribution in [3.05, 3.63) is 12.2 Å². The Morgan fingerprint density at radius 2 is 2.22 bits per heavy atom. The first-order chi connectivity index (χ1) is 4.06. The minimum atomic E-state index is 0.139. The van der Waals surface area contributed by atoms with Crippen LogP contribution in [0.25, 0.3) is 0 Å². The van der Waals surface area contributed by atoms with Gasteiger partial charge in [0.15, 0.2) is 7.98 Å². The number of rotatable bonds is 3. The summed E-state index contributed by atoms with van der Waals surface area (Å²) in [4.78, 5) is 0. The fourth-order valence-electron chi connectivity index (χ4n) is 0.692. The van der Waals surface area contributed by atoms with Gasteiger partial charge in [-0.2, -0.15) is 0 Å². The van der Waals surface area contributed by atoms with Crippen molar-refractivity contribution in [2.75, 3.05) is 0 Å². The molecule has 0 aliphatic carbocycles. The minimum Gasteiger partial charge on any atom is -0.354 e. The van der Waals surface area contributed by atoms with Crippen molar-refractivity contribution in [1.82, 2.24) is 5.23 Å². The molecule has 0 spiro atoms. The third kappa shape index (κ3) is 1.86. The summed E-state index contributed by atoms with van der Waals surface area (Å²) in [6.45, 7) is 10.3. The number of hydrogen-bond donors (Lipinski definition) is 1. The molecule has 0 heterocycles. The van der Waals surface area contributed by atoms with Gasteiger partial charge >= 0.3 is 0 Å². The zero-order chi connectivity index (χ0) is 7.49. The Balaban J connectivity index is 4.09. The highest BCUT2D eigenvalue weighted by molar-refractivity contribution is 6.05. The topological polar surface area (TPSA) is 12.0 Å². The van der Waals surface area contributed by atoms with E-state index in [1.807, 2.05) is 7.98 Å². The Morgan fingerprint density at radius 3 is 2.22 bits per heavy atom. The molecule has 0 bridgehead atoms. The summed E-state index contributed by atoms with van der Waals surface area (Å²) in [5.74, 6) is 0. The van der Waals surface area contributed by atoms with E-state index in [4.69, 9.17) is 0 Å². The average Bonchev–Trinajstić information content (AvgIpc) is 1.86. The molecule has 0 rings (SSSR count). The summed E-state index contributed by atoms with van der Waals surface area (Å²) < 4.78 is 0. The smallest absolute Gasteiger partial charge is 0.182 e. The van der Waals surface area contributed by atoms with Gasteiger partial charge in [-0.05, 0) is 20.3 Å². The summed E-state index contributed by atoms with van der Waals surface area (Å²) in [7, 11) is 1.97. The molecule has 1 N–H and O–H groups in total. The first-order valence-electron chi connectivity index (χ1n) is 3.41. The molecule has 52 valence electrons. The van der Waals surface area contributed by atoms with Crippen molar-refractivity contribution in [2.45, 2.75) is 32.7 Å². The third-order valence-electron chi connectivity index (χ3n) is 2.20. The van der Waals surface area contributed by atoms with Gasteiger partial charge in [0.1, 0.15) is 0 Å². The molecule has 0 aliphatic heterocycles. The average molecular weight is 125 g/mol. The lowest BCUT2D eigenvalue weighted by molar-refractivity contribution is 0.488. The van der Waals surface area contributed by atoms with Gasteiger partial charge in [-0.25, -0.2) is 0 Å². The zero-order valence-corrected chi connectivity index (χ0v) is 6.91. The first kappa shape index (κ1) is 8.76. The van der Waals surface area contributed by atoms with Gasteiger partial charge in [0, 0.05) is 5.54 Å². The molecule has 0 amide bonds. The maximum Gasteiger partial charge on any atom is 0.182 e. The third-order valence-corrected chi connectivity index (χ3v) is 2.20. The van der Waals surface area contributed by atoms with Gasteiger partial charge in [0.05, 0.1) is 0 Å². The summed E-state index contributed by atoms with van der Waals surface area (Å²) in [6, 6.07) is 0. The lowest BCUT2D eigenvalue weighted by atomic mass is 9.89. The second-order valence-corrected chi connectivity index (χ2v) is 2.72. The van der Waals surface area contributed by atoms with E-state index in [2.05, 4.69) is 32.6 Å². The van der Waals surface area contributed by atoms with Crippen molar-refractivity contribution < 1.29 is 0 Å². The molecule has 1 nitrogen and oxygen atoms in total. The number of nitrogens with one attached hydrogen (secondary N) is 1. The van der Waals surface area contributed by atoms with Crippen LogP contribution < -0.4 is 5.23 Å². The van der Waals surface area contributed by atoms with Gasteiger partial charge in [0.2, 0.25) is 0 Å². The molecule has 0 aliphatic rings. The highest BCUT2D eigenvalue weighted by atomic mass is 14.9. The molecule has 0 radical (unpaired) electrons. The molecule has 2 heteroatoms. The van der Waals surface area contributed by atoms with Crippen molar-refractivity contribution in [3.8, 4) is 0 Å². The Kier molecular flexibility index (Phi) is 2.99. The van der Waals surface area contributed by atoms with Crippen molar-refractivity contribution in [2.24, 2.45) is 0 Å². The van der Waals surface area contributed by atoms with Crippen molar-refractivity contribution in [1.29, 1.82) is 0 Å². The van der Waals surface area contributed by atoms with Crippen LogP contribution in [-0.4, -0.2) is 13.5 Å². The Bertz CT molecular complexity index is 105. The van der Waals surface area contributed by atoms with Crippen LogP contribution >= 0.6 is 0 Å². The molecular weight excluding hydrogens is 109 g/mol. The Hall–Kier alpha value is -0.235. The van der Waals surface area contributed by atoms with E-state index < -0.39 is 0 Å². The van der Waals surface area contributed by atoms with Gasteiger partial charge in [-0.1, -0.05) is 19.1 Å². The summed E-state index contributed by atoms with van der Waals surface area (Å²) in [5, 5.41) is 3.23. The van der Waals surface area contributed by atoms with Gasteiger partial charge in [-0.15, -0.1) is 0 Å². The van der Waals surface area contributed by atoms with E-state index in [0.29, 0.717) is 0 Å². The molecule has 0 aromatic carbocycles. The van der Waals surface area contributed by atoms with Gasteiger partial charge < -0.3 is 5.23 Å². The molecule has 0 saturated heterocycles. The van der Waals surface area contributed by atoms with E-state index >= 15 is 0 Å². The van der Waals surface area contributed by atoms with Gasteiger partial charge in [-0.3, -0.25) is 0 Å². The summed E-state index contributed by atoms with van der Waals surface area (Å²) >= 11 is 0. The highest BCUT2D eigenvalue weighted by Gasteiger charge is 2.18. The second-order valence-electron chi connectivity index (χ2n) is 2.72. The largest absolute Gasteiger partial charge is 0.354 e. The van der Waals surface area contributed by atoms with E-state index in [-0.39, 0.29) is 5.54 Å². The quantitative estimate of drug-likeness (QED) is 0.435. The van der Waals surface area contributed by atoms with Crippen LogP contribution in [0.2, 0.25) is 0 Å². The lowest BCUT2D eigenvalue weighted by Crippen LogP contribution is -2.40. The molecule has 0 saturated carbocycles. The SMILES string of the molecule is BNC(C)(CC)C(=C)C. The van der Waals surface area contributed by atoms with Crippen molar-refractivity contribution in [3.63, 3.8) is 0 Å². The van der Waals surface area contributed by atoms with E-state index in [9.17, 15) is 0 Å². The normalized spacial score (nSPS) is 16.8. The predicted molar refractivity (Wildman–Crippen MR) is 45.2 cm³/mol. The standard InChI is InChI=1S/C7H16BN/c1-5-7(4,9-8)6(2)3/h9H,2,5,8H2,1,3-4H3. The van der Waals surface area contributed by atoms with Crippen LogP contribution in [0.1, 0.15) is 27.2 Å². The molecule has 9 heavy (non-hydrogen) atoms. The fraction of sp³-hybridized carbons (Fsp3) is 0.714. The Morgan fingerprint density at radius 1 is 1.78 bits per heavy atom.